The van der Waals surface area contributed by atoms with Gasteiger partial charge in [-0.1, -0.05) is 20.8 Å². The maximum Gasteiger partial charge on any atom is 0.326 e. The quantitative estimate of drug-likeness (QED) is 0.521. The van der Waals surface area contributed by atoms with Crippen LogP contribution in [0.1, 0.15) is 40.0 Å². The monoisotopic (exact) mass is 301 g/mol. The summed E-state index contributed by atoms with van der Waals surface area (Å²) >= 11 is 0. The average Bonchev–Trinajstić information content (AvgIpc) is 2.23. The molecule has 8 heteroatoms. The Morgan fingerprint density at radius 1 is 1.05 bits per heavy atom. The molecule has 0 aromatic heterocycles. The van der Waals surface area contributed by atoms with Crippen LogP contribution in [0.25, 0.3) is 0 Å². The summed E-state index contributed by atoms with van der Waals surface area (Å²) in [6.07, 6.45) is -1.28. The van der Waals surface area contributed by atoms with E-state index in [1.807, 2.05) is 5.32 Å². The van der Waals surface area contributed by atoms with Crippen LogP contribution >= 0.6 is 0 Å². The van der Waals surface area contributed by atoms with Crippen molar-refractivity contribution < 1.29 is 34.5 Å². The van der Waals surface area contributed by atoms with Crippen molar-refractivity contribution in [1.82, 2.24) is 5.32 Å². The number of carbonyl (C=O) groups is 4. The van der Waals surface area contributed by atoms with Crippen molar-refractivity contribution in [2.75, 3.05) is 0 Å². The van der Waals surface area contributed by atoms with Crippen LogP contribution in [0.3, 0.4) is 0 Å². The first-order valence-electron chi connectivity index (χ1n) is 6.35. The lowest BCUT2D eigenvalue weighted by molar-refractivity contribution is -0.308. The van der Waals surface area contributed by atoms with Crippen molar-refractivity contribution in [1.29, 1.82) is 0 Å². The second-order valence-corrected chi connectivity index (χ2v) is 6.01. The van der Waals surface area contributed by atoms with Crippen molar-refractivity contribution in [3.63, 3.8) is 0 Å². The molecule has 0 saturated heterocycles. The Kier molecular flexibility index (Phi) is 6.84. The molecule has 0 spiro atoms. The highest BCUT2D eigenvalue weighted by Crippen LogP contribution is 2.26. The van der Waals surface area contributed by atoms with Crippen LogP contribution in [0.2, 0.25) is 0 Å². The van der Waals surface area contributed by atoms with Gasteiger partial charge in [0.2, 0.25) is 5.91 Å². The predicted molar refractivity (Wildman–Crippen MR) is 66.4 cm³/mol. The number of nitrogens with one attached hydrogen (secondary N) is 1. The fourth-order valence-electron chi connectivity index (χ4n) is 1.85. The van der Waals surface area contributed by atoms with Gasteiger partial charge < -0.3 is 30.2 Å². The van der Waals surface area contributed by atoms with Crippen molar-refractivity contribution in [3.8, 4) is 0 Å². The van der Waals surface area contributed by atoms with E-state index in [9.17, 15) is 29.4 Å². The summed E-state index contributed by atoms with van der Waals surface area (Å²) < 4.78 is 0. The van der Waals surface area contributed by atoms with Gasteiger partial charge in [0.05, 0.1) is 0 Å². The molecular formula is C13H19NO7-2. The zero-order chi connectivity index (χ0) is 16.8. The minimum Gasteiger partial charge on any atom is -0.550 e. The molecule has 0 unspecified atom stereocenters. The molecular weight excluding hydrogens is 282 g/mol. The highest BCUT2D eigenvalue weighted by atomic mass is 16.4. The lowest BCUT2D eigenvalue weighted by atomic mass is 9.82. The third-order valence-electron chi connectivity index (χ3n) is 2.63. The first-order chi connectivity index (χ1) is 9.42. The van der Waals surface area contributed by atoms with E-state index in [-0.39, 0.29) is 11.8 Å². The van der Waals surface area contributed by atoms with Crippen LogP contribution in [0.5, 0.6) is 0 Å². The van der Waals surface area contributed by atoms with Crippen LogP contribution in [0, 0.1) is 11.3 Å². The molecule has 21 heavy (non-hydrogen) atoms. The maximum atomic E-state index is 12.0. The van der Waals surface area contributed by atoms with Gasteiger partial charge in [-0.2, -0.15) is 0 Å². The number of carbonyl (C=O) groups excluding carboxylic acids is 3. The van der Waals surface area contributed by atoms with Gasteiger partial charge in [0, 0.05) is 24.3 Å². The van der Waals surface area contributed by atoms with Crippen molar-refractivity contribution in [3.05, 3.63) is 0 Å². The summed E-state index contributed by atoms with van der Waals surface area (Å²) in [5.41, 5.74) is -0.371. The zero-order valence-electron chi connectivity index (χ0n) is 12.2. The molecule has 0 aliphatic rings. The van der Waals surface area contributed by atoms with Crippen LogP contribution in [-0.4, -0.2) is 35.0 Å². The fraction of sp³-hybridized carbons (Fsp3) is 0.692. The summed E-state index contributed by atoms with van der Waals surface area (Å²) in [4.78, 5) is 44.0. The molecule has 0 bridgehead atoms. The third-order valence-corrected chi connectivity index (χ3v) is 2.63. The fourth-order valence-corrected chi connectivity index (χ4v) is 1.85. The molecule has 2 N–H and O–H groups in total. The summed E-state index contributed by atoms with van der Waals surface area (Å²) in [6.45, 7) is 5.37. The van der Waals surface area contributed by atoms with Crippen molar-refractivity contribution in [2.24, 2.45) is 11.3 Å². The number of amides is 1. The highest BCUT2D eigenvalue weighted by molar-refractivity contribution is 5.88. The maximum absolute atomic E-state index is 12.0. The van der Waals surface area contributed by atoms with E-state index < -0.39 is 48.6 Å². The first kappa shape index (κ1) is 18.9. The van der Waals surface area contributed by atoms with E-state index in [1.54, 1.807) is 20.8 Å². The molecule has 8 nitrogen and oxygen atoms in total. The minimum atomic E-state index is -1.66. The van der Waals surface area contributed by atoms with Crippen LogP contribution in [0.4, 0.5) is 0 Å². The van der Waals surface area contributed by atoms with E-state index in [4.69, 9.17) is 5.11 Å². The molecule has 0 aliphatic carbocycles. The second kappa shape index (κ2) is 7.61. The Balaban J connectivity index is 4.96. The lowest BCUT2D eigenvalue weighted by Gasteiger charge is -2.27. The van der Waals surface area contributed by atoms with Gasteiger partial charge in [-0.15, -0.1) is 0 Å². The number of hydrogen-bond acceptors (Lipinski definition) is 6. The molecule has 0 rings (SSSR count). The van der Waals surface area contributed by atoms with Gasteiger partial charge in [0.15, 0.2) is 0 Å². The molecule has 0 heterocycles. The van der Waals surface area contributed by atoms with Gasteiger partial charge >= 0.3 is 5.97 Å². The number of carboxylic acids is 3. The summed E-state index contributed by atoms with van der Waals surface area (Å²) in [5.74, 6) is -6.43. The molecule has 0 saturated carbocycles. The molecule has 0 aliphatic heterocycles. The lowest BCUT2D eigenvalue weighted by Crippen LogP contribution is -2.48. The summed E-state index contributed by atoms with van der Waals surface area (Å²) in [7, 11) is 0. The molecule has 0 fully saturated rings. The van der Waals surface area contributed by atoms with Crippen LogP contribution in [0.15, 0.2) is 0 Å². The smallest absolute Gasteiger partial charge is 0.326 e. The summed E-state index contributed by atoms with van der Waals surface area (Å²) in [6, 6.07) is -1.66. The van der Waals surface area contributed by atoms with Gasteiger partial charge in [-0.3, -0.25) is 4.79 Å². The third kappa shape index (κ3) is 8.61. The normalized spacial score (nSPS) is 14.0. The standard InChI is InChI=1S/C13H21NO7/c1-13(2,3)6-7(4-9(15)16)11(19)14-8(12(20)21)5-10(17)18/h7-8H,4-6H2,1-3H3,(H,14,19)(H,15,16)(H,17,18)(H,20,21)/p-2/t7-,8+/m1/s1. The molecule has 2 atom stereocenters. The SMILES string of the molecule is CC(C)(C)C[C@@H](CC(=O)[O-])C(=O)N[C@@H](CC(=O)[O-])C(=O)O. The van der Waals surface area contributed by atoms with Crippen molar-refractivity contribution >= 4 is 23.8 Å². The Morgan fingerprint density at radius 2 is 1.52 bits per heavy atom. The van der Waals surface area contributed by atoms with Gasteiger partial charge in [-0.25, -0.2) is 4.79 Å². The number of rotatable bonds is 8. The Bertz CT molecular complexity index is 425. The van der Waals surface area contributed by atoms with E-state index in [1.165, 1.54) is 0 Å². The van der Waals surface area contributed by atoms with E-state index >= 15 is 0 Å². The molecule has 0 aromatic carbocycles. The van der Waals surface area contributed by atoms with Crippen LogP contribution < -0.4 is 15.5 Å². The number of aliphatic carboxylic acids is 3. The van der Waals surface area contributed by atoms with Crippen LogP contribution in [-0.2, 0) is 19.2 Å². The number of carboxylic acid groups (broad SMARTS) is 3. The Labute approximate surface area is 122 Å². The van der Waals surface area contributed by atoms with Gasteiger partial charge in [-0.05, 0) is 18.3 Å². The predicted octanol–water partition coefficient (Wildman–Crippen LogP) is -2.11. The largest absolute Gasteiger partial charge is 0.550 e. The first-order valence-corrected chi connectivity index (χ1v) is 6.35. The minimum absolute atomic E-state index is 0.185. The second-order valence-electron chi connectivity index (χ2n) is 6.01. The topological polar surface area (TPSA) is 147 Å². The summed E-state index contributed by atoms with van der Waals surface area (Å²) in [5, 5.41) is 32.0. The molecule has 0 aromatic rings. The van der Waals surface area contributed by atoms with Gasteiger partial charge in [0.1, 0.15) is 6.04 Å². The van der Waals surface area contributed by atoms with Crippen molar-refractivity contribution in [2.45, 2.75) is 46.1 Å². The zero-order valence-corrected chi connectivity index (χ0v) is 12.2. The number of hydrogen-bond donors (Lipinski definition) is 2. The van der Waals surface area contributed by atoms with E-state index in [0.717, 1.165) is 0 Å². The molecule has 0 radical (unpaired) electrons. The van der Waals surface area contributed by atoms with Gasteiger partial charge in [0.25, 0.3) is 0 Å². The average molecular weight is 301 g/mol. The molecule has 1 amide bonds. The highest BCUT2D eigenvalue weighted by Gasteiger charge is 2.28. The molecule has 120 valence electrons. The Morgan fingerprint density at radius 3 is 1.86 bits per heavy atom. The Hall–Kier alpha value is -2.12. The van der Waals surface area contributed by atoms with E-state index in [0.29, 0.717) is 0 Å². The van der Waals surface area contributed by atoms with E-state index in [2.05, 4.69) is 0 Å².